The molecule has 0 bridgehead atoms. The van der Waals surface area contributed by atoms with Crippen molar-refractivity contribution in [2.24, 2.45) is 0 Å². The number of thiophene rings is 1. The van der Waals surface area contributed by atoms with Crippen molar-refractivity contribution in [3.8, 4) is 0 Å². The predicted octanol–water partition coefficient (Wildman–Crippen LogP) is 5.54. The number of rotatable bonds is 1. The summed E-state index contributed by atoms with van der Waals surface area (Å²) in [6.45, 7) is 8.93. The Hall–Kier alpha value is -1.34. The van der Waals surface area contributed by atoms with E-state index in [1.807, 2.05) is 11.3 Å². The molecule has 92 valence electrons. The Labute approximate surface area is 112 Å². The Kier molecular flexibility index (Phi) is 2.67. The zero-order chi connectivity index (χ0) is 12.9. The second kappa shape index (κ2) is 4.10. The van der Waals surface area contributed by atoms with Gasteiger partial charge in [0, 0.05) is 20.2 Å². The molecule has 0 aliphatic carbocycles. The third-order valence-corrected chi connectivity index (χ3v) is 5.53. The molecule has 1 aromatic heterocycles. The lowest BCUT2D eigenvalue weighted by Crippen LogP contribution is -1.85. The molecule has 0 radical (unpaired) electrons. The standard InChI is InChI=1S/C17H18S/c1-5-13-7-9-15-14-8-6-10(2)11(3)16(14)18-17(15)12(13)4/h6-9H,5H2,1-4H3. The van der Waals surface area contributed by atoms with Crippen LogP contribution in [0.3, 0.4) is 0 Å². The topological polar surface area (TPSA) is 0 Å². The van der Waals surface area contributed by atoms with E-state index >= 15 is 0 Å². The average molecular weight is 254 g/mol. The Morgan fingerprint density at radius 1 is 0.833 bits per heavy atom. The number of hydrogen-bond acceptors (Lipinski definition) is 1. The van der Waals surface area contributed by atoms with E-state index in [1.54, 1.807) is 0 Å². The Balaban J connectivity index is 2.50. The second-order valence-corrected chi connectivity index (χ2v) is 6.09. The third kappa shape index (κ3) is 1.50. The molecule has 0 aliphatic heterocycles. The molecule has 0 saturated carbocycles. The highest BCUT2D eigenvalue weighted by Crippen LogP contribution is 2.39. The van der Waals surface area contributed by atoms with E-state index < -0.39 is 0 Å². The van der Waals surface area contributed by atoms with Gasteiger partial charge in [-0.25, -0.2) is 0 Å². The number of aryl methyl sites for hydroxylation is 4. The van der Waals surface area contributed by atoms with Crippen LogP contribution in [0.15, 0.2) is 24.3 Å². The van der Waals surface area contributed by atoms with Crippen LogP contribution in [0.5, 0.6) is 0 Å². The molecule has 0 amide bonds. The molecule has 0 N–H and O–H groups in total. The van der Waals surface area contributed by atoms with E-state index in [0.717, 1.165) is 6.42 Å². The van der Waals surface area contributed by atoms with E-state index in [-0.39, 0.29) is 0 Å². The van der Waals surface area contributed by atoms with Gasteiger partial charge in [0.25, 0.3) is 0 Å². The quantitative estimate of drug-likeness (QED) is 0.534. The van der Waals surface area contributed by atoms with Gasteiger partial charge in [0.05, 0.1) is 0 Å². The molecule has 1 heterocycles. The monoisotopic (exact) mass is 254 g/mol. The lowest BCUT2D eigenvalue weighted by atomic mass is 10.0. The van der Waals surface area contributed by atoms with Crippen LogP contribution >= 0.6 is 11.3 Å². The number of fused-ring (bicyclic) bond motifs is 3. The van der Waals surface area contributed by atoms with Crippen molar-refractivity contribution in [2.45, 2.75) is 34.1 Å². The minimum absolute atomic E-state index is 1.12. The van der Waals surface area contributed by atoms with Crippen molar-refractivity contribution in [2.75, 3.05) is 0 Å². The first-order valence-electron chi connectivity index (χ1n) is 6.54. The maximum atomic E-state index is 2.30. The molecular weight excluding hydrogens is 236 g/mol. The Bertz CT molecular complexity index is 747. The fourth-order valence-electron chi connectivity index (χ4n) is 2.69. The van der Waals surface area contributed by atoms with Crippen molar-refractivity contribution in [3.05, 3.63) is 46.5 Å². The van der Waals surface area contributed by atoms with Gasteiger partial charge < -0.3 is 0 Å². The summed E-state index contributed by atoms with van der Waals surface area (Å²) in [5.74, 6) is 0. The molecule has 0 unspecified atom stereocenters. The van der Waals surface area contributed by atoms with Crippen LogP contribution in [0.1, 0.15) is 29.2 Å². The van der Waals surface area contributed by atoms with Gasteiger partial charge in [-0.15, -0.1) is 11.3 Å². The lowest BCUT2D eigenvalue weighted by molar-refractivity contribution is 1.12. The maximum absolute atomic E-state index is 2.30. The SMILES string of the molecule is CCc1ccc2c(sc3c(C)c(C)ccc32)c1C. The summed E-state index contributed by atoms with van der Waals surface area (Å²) in [5.41, 5.74) is 5.77. The van der Waals surface area contributed by atoms with E-state index in [0.29, 0.717) is 0 Å². The summed E-state index contributed by atoms with van der Waals surface area (Å²) in [7, 11) is 0. The van der Waals surface area contributed by atoms with Crippen molar-refractivity contribution < 1.29 is 0 Å². The van der Waals surface area contributed by atoms with Crippen molar-refractivity contribution in [3.63, 3.8) is 0 Å². The van der Waals surface area contributed by atoms with Gasteiger partial charge in [-0.3, -0.25) is 0 Å². The van der Waals surface area contributed by atoms with Crippen molar-refractivity contribution >= 4 is 31.5 Å². The van der Waals surface area contributed by atoms with Gasteiger partial charge in [0.15, 0.2) is 0 Å². The molecule has 1 heteroatoms. The molecule has 0 saturated heterocycles. The fourth-order valence-corrected chi connectivity index (χ4v) is 4.07. The molecule has 2 aromatic carbocycles. The van der Waals surface area contributed by atoms with Gasteiger partial charge in [-0.2, -0.15) is 0 Å². The second-order valence-electron chi connectivity index (χ2n) is 5.07. The van der Waals surface area contributed by atoms with Crippen LogP contribution < -0.4 is 0 Å². The molecule has 0 fully saturated rings. The predicted molar refractivity (Wildman–Crippen MR) is 82.9 cm³/mol. The first-order chi connectivity index (χ1) is 8.63. The highest BCUT2D eigenvalue weighted by molar-refractivity contribution is 7.26. The Morgan fingerprint density at radius 2 is 1.44 bits per heavy atom. The summed E-state index contributed by atoms with van der Waals surface area (Å²) >= 11 is 1.96. The molecular formula is C17H18S. The number of hydrogen-bond donors (Lipinski definition) is 0. The van der Waals surface area contributed by atoms with Crippen LogP contribution in [0.2, 0.25) is 0 Å². The van der Waals surface area contributed by atoms with E-state index in [9.17, 15) is 0 Å². The third-order valence-electron chi connectivity index (χ3n) is 4.07. The molecule has 0 nitrogen and oxygen atoms in total. The van der Waals surface area contributed by atoms with Gasteiger partial charge in [0.2, 0.25) is 0 Å². The van der Waals surface area contributed by atoms with Gasteiger partial charge >= 0.3 is 0 Å². The van der Waals surface area contributed by atoms with E-state index in [2.05, 4.69) is 52.0 Å². The van der Waals surface area contributed by atoms with Crippen LogP contribution in [0.25, 0.3) is 20.2 Å². The fraction of sp³-hybridized carbons (Fsp3) is 0.294. The minimum atomic E-state index is 1.12. The zero-order valence-corrected chi connectivity index (χ0v) is 12.2. The summed E-state index contributed by atoms with van der Waals surface area (Å²) in [6.07, 6.45) is 1.12. The minimum Gasteiger partial charge on any atom is -0.135 e. The molecule has 0 aliphatic rings. The van der Waals surface area contributed by atoms with Crippen LogP contribution in [-0.2, 0) is 6.42 Å². The van der Waals surface area contributed by atoms with Crippen molar-refractivity contribution in [1.29, 1.82) is 0 Å². The maximum Gasteiger partial charge on any atom is 0.0387 e. The summed E-state index contributed by atoms with van der Waals surface area (Å²) in [5, 5.41) is 2.84. The van der Waals surface area contributed by atoms with Gasteiger partial charge in [-0.1, -0.05) is 31.2 Å². The molecule has 0 spiro atoms. The first kappa shape index (κ1) is 11.7. The van der Waals surface area contributed by atoms with E-state index in [4.69, 9.17) is 0 Å². The summed E-state index contributed by atoms with van der Waals surface area (Å²) in [4.78, 5) is 0. The van der Waals surface area contributed by atoms with Gasteiger partial charge in [-0.05, 0) is 49.4 Å². The van der Waals surface area contributed by atoms with Crippen LogP contribution in [-0.4, -0.2) is 0 Å². The smallest absolute Gasteiger partial charge is 0.0387 e. The Morgan fingerprint density at radius 3 is 2.11 bits per heavy atom. The molecule has 3 rings (SSSR count). The highest BCUT2D eigenvalue weighted by atomic mass is 32.1. The summed E-state index contributed by atoms with van der Waals surface area (Å²) < 4.78 is 2.93. The van der Waals surface area contributed by atoms with Crippen LogP contribution in [0.4, 0.5) is 0 Å². The van der Waals surface area contributed by atoms with Crippen molar-refractivity contribution in [1.82, 2.24) is 0 Å². The normalized spacial score (nSPS) is 11.6. The van der Waals surface area contributed by atoms with E-state index in [1.165, 1.54) is 42.4 Å². The van der Waals surface area contributed by atoms with Crippen LogP contribution in [0, 0.1) is 20.8 Å². The largest absolute Gasteiger partial charge is 0.135 e. The molecule has 3 aromatic rings. The molecule has 0 atom stereocenters. The average Bonchev–Trinajstić information content (AvgIpc) is 2.75. The lowest BCUT2D eigenvalue weighted by Gasteiger charge is -2.03. The highest BCUT2D eigenvalue weighted by Gasteiger charge is 2.11. The first-order valence-corrected chi connectivity index (χ1v) is 7.36. The molecule has 18 heavy (non-hydrogen) atoms. The zero-order valence-electron chi connectivity index (χ0n) is 11.4. The van der Waals surface area contributed by atoms with Gasteiger partial charge in [0.1, 0.15) is 0 Å². The number of benzene rings is 2. The summed E-state index contributed by atoms with van der Waals surface area (Å²) in [6, 6.07) is 9.11.